The Balaban J connectivity index is 0.00000338. The number of guanidine groups is 1. The van der Waals surface area contributed by atoms with Crippen LogP contribution < -0.4 is 10.6 Å². The zero-order valence-corrected chi connectivity index (χ0v) is 18.0. The largest absolute Gasteiger partial charge is 0.434 e. The Morgan fingerprint density at radius 3 is 2.50 bits per heavy atom. The summed E-state index contributed by atoms with van der Waals surface area (Å²) >= 11 is 2.76. The van der Waals surface area contributed by atoms with Crippen LogP contribution in [-0.4, -0.2) is 36.8 Å². The number of aliphatic imine (C=N–C) groups is 1. The molecule has 0 aliphatic carbocycles. The zero-order valence-electron chi connectivity index (χ0n) is 14.0. The van der Waals surface area contributed by atoms with Gasteiger partial charge < -0.3 is 10.6 Å². The fraction of sp³-hybridized carbons (Fsp3) is 0.375. The Bertz CT molecular complexity index is 678. The minimum Gasteiger partial charge on any atom is -0.356 e. The van der Waals surface area contributed by atoms with Gasteiger partial charge >= 0.3 is 6.18 Å². The first kappa shape index (κ1) is 23.0. The third-order valence-corrected chi connectivity index (χ3v) is 5.03. The summed E-state index contributed by atoms with van der Waals surface area (Å²) in [7, 11) is 1.66. The van der Waals surface area contributed by atoms with Crippen molar-refractivity contribution in [3.8, 4) is 0 Å². The van der Waals surface area contributed by atoms with Gasteiger partial charge in [-0.15, -0.1) is 47.1 Å². The Hall–Kier alpha value is -1.01. The molecule has 0 aliphatic rings. The number of hydrogen-bond acceptors (Lipinski definition) is 4. The lowest BCUT2D eigenvalue weighted by atomic mass is 10.4. The second-order valence-corrected chi connectivity index (χ2v) is 7.07. The summed E-state index contributed by atoms with van der Waals surface area (Å²) in [5.41, 5.74) is -0.826. The first-order valence-corrected chi connectivity index (χ1v) is 9.49. The highest BCUT2D eigenvalue weighted by molar-refractivity contribution is 14.0. The smallest absolute Gasteiger partial charge is 0.356 e. The number of benzene rings is 1. The molecule has 0 unspecified atom stereocenters. The van der Waals surface area contributed by atoms with Crippen molar-refractivity contribution < 1.29 is 13.2 Å². The van der Waals surface area contributed by atoms with Crippen molar-refractivity contribution in [1.29, 1.82) is 0 Å². The van der Waals surface area contributed by atoms with Crippen molar-refractivity contribution in [2.45, 2.75) is 17.5 Å². The second kappa shape index (κ2) is 11.7. The number of halogens is 4. The minimum absolute atomic E-state index is 0. The van der Waals surface area contributed by atoms with Gasteiger partial charge in [-0.2, -0.15) is 13.2 Å². The van der Waals surface area contributed by atoms with E-state index in [0.717, 1.165) is 29.0 Å². The van der Waals surface area contributed by atoms with Crippen molar-refractivity contribution in [2.75, 3.05) is 25.9 Å². The van der Waals surface area contributed by atoms with Crippen LogP contribution in [0.4, 0.5) is 13.2 Å². The van der Waals surface area contributed by atoms with E-state index in [4.69, 9.17) is 0 Å². The first-order chi connectivity index (χ1) is 12.0. The van der Waals surface area contributed by atoms with Crippen molar-refractivity contribution in [1.82, 2.24) is 15.6 Å². The van der Waals surface area contributed by atoms with Crippen LogP contribution in [0.2, 0.25) is 0 Å². The maximum Gasteiger partial charge on any atom is 0.434 e. The predicted molar refractivity (Wildman–Crippen MR) is 113 cm³/mol. The van der Waals surface area contributed by atoms with Crippen LogP contribution in [0, 0.1) is 0 Å². The molecule has 1 heterocycles. The summed E-state index contributed by atoms with van der Waals surface area (Å²) in [6.07, 6.45) is -3.96. The first-order valence-electron chi connectivity index (χ1n) is 7.63. The van der Waals surface area contributed by atoms with E-state index in [1.807, 2.05) is 18.2 Å². The van der Waals surface area contributed by atoms with Gasteiger partial charge in [0.05, 0.1) is 5.01 Å². The fourth-order valence-corrected chi connectivity index (χ4v) is 3.51. The highest BCUT2D eigenvalue weighted by Gasteiger charge is 2.33. The number of nitrogens with one attached hydrogen (secondary N) is 2. The maximum absolute atomic E-state index is 12.5. The van der Waals surface area contributed by atoms with Crippen LogP contribution in [0.1, 0.15) is 10.7 Å². The van der Waals surface area contributed by atoms with Gasteiger partial charge in [-0.25, -0.2) is 4.98 Å². The molecule has 0 aliphatic heterocycles. The van der Waals surface area contributed by atoms with Gasteiger partial charge in [0.1, 0.15) is 0 Å². The molecule has 0 atom stereocenters. The molecule has 1 aromatic carbocycles. The van der Waals surface area contributed by atoms with Crippen molar-refractivity contribution in [2.24, 2.45) is 4.99 Å². The monoisotopic (exact) mass is 516 g/mol. The average Bonchev–Trinajstić information content (AvgIpc) is 3.07. The van der Waals surface area contributed by atoms with Crippen LogP contribution in [0.15, 0.2) is 45.6 Å². The summed E-state index contributed by atoms with van der Waals surface area (Å²) in [6.45, 7) is 1.20. The van der Waals surface area contributed by atoms with Crippen molar-refractivity contribution in [3.05, 3.63) is 46.4 Å². The van der Waals surface area contributed by atoms with E-state index >= 15 is 0 Å². The topological polar surface area (TPSA) is 49.3 Å². The molecule has 2 aromatic rings. The molecule has 1 aromatic heterocycles. The predicted octanol–water partition coefficient (Wildman–Crippen LogP) is 4.28. The normalized spacial score (nSPS) is 11.8. The molecule has 144 valence electrons. The Morgan fingerprint density at radius 2 is 1.88 bits per heavy atom. The molecule has 0 saturated carbocycles. The molecule has 4 nitrogen and oxygen atoms in total. The molecule has 0 radical (unpaired) electrons. The molecule has 2 rings (SSSR count). The quantitative estimate of drug-likeness (QED) is 0.190. The highest BCUT2D eigenvalue weighted by Crippen LogP contribution is 2.29. The molecule has 2 N–H and O–H groups in total. The molecule has 0 fully saturated rings. The van der Waals surface area contributed by atoms with Crippen molar-refractivity contribution >= 4 is 53.0 Å². The van der Waals surface area contributed by atoms with Crippen LogP contribution in [-0.2, 0) is 12.6 Å². The number of nitrogens with zero attached hydrogens (tertiary/aromatic N) is 2. The third-order valence-electron chi connectivity index (χ3n) is 3.10. The second-order valence-electron chi connectivity index (χ2n) is 4.96. The fourth-order valence-electron chi connectivity index (χ4n) is 1.92. The summed E-state index contributed by atoms with van der Waals surface area (Å²) in [5.74, 6) is 1.51. The zero-order chi connectivity index (χ0) is 18.1. The van der Waals surface area contributed by atoms with Crippen molar-refractivity contribution in [3.63, 3.8) is 0 Å². The van der Waals surface area contributed by atoms with E-state index in [2.05, 4.69) is 32.7 Å². The molecule has 0 bridgehead atoms. The summed E-state index contributed by atoms with van der Waals surface area (Å²) in [4.78, 5) is 8.90. The number of thiazole rings is 1. The third kappa shape index (κ3) is 8.12. The van der Waals surface area contributed by atoms with Gasteiger partial charge in [-0.05, 0) is 12.1 Å². The lowest BCUT2D eigenvalue weighted by molar-refractivity contribution is -0.140. The molecular formula is C16H20F3IN4S2. The van der Waals surface area contributed by atoms with E-state index in [0.29, 0.717) is 23.9 Å². The summed E-state index contributed by atoms with van der Waals surface area (Å²) < 4.78 is 37.5. The van der Waals surface area contributed by atoms with Crippen LogP contribution >= 0.6 is 47.1 Å². The number of rotatable bonds is 7. The standard InChI is InChI=1S/C16H19F3N4S2.HI/c1-20-15(22-9-10-24-12-5-3-2-4-6-12)21-8-7-14-23-13(11-25-14)16(17,18)19;/h2-6,11H,7-10H2,1H3,(H2,20,21,22);1H. The summed E-state index contributed by atoms with van der Waals surface area (Å²) in [6, 6.07) is 10.1. The molecule has 0 saturated heterocycles. The number of hydrogen-bond donors (Lipinski definition) is 2. The lowest BCUT2D eigenvalue weighted by Gasteiger charge is -2.11. The lowest BCUT2D eigenvalue weighted by Crippen LogP contribution is -2.39. The van der Waals surface area contributed by atoms with Crippen LogP contribution in [0.3, 0.4) is 0 Å². The average molecular weight is 516 g/mol. The van der Waals surface area contributed by atoms with E-state index in [1.54, 1.807) is 18.8 Å². The van der Waals surface area contributed by atoms with Crippen LogP contribution in [0.25, 0.3) is 0 Å². The van der Waals surface area contributed by atoms with Gasteiger partial charge in [-0.3, -0.25) is 4.99 Å². The number of alkyl halides is 3. The molecule has 0 spiro atoms. The van der Waals surface area contributed by atoms with Gasteiger partial charge in [0.2, 0.25) is 0 Å². The van der Waals surface area contributed by atoms with E-state index in [1.165, 1.54) is 4.90 Å². The number of aromatic nitrogens is 1. The Labute approximate surface area is 176 Å². The van der Waals surface area contributed by atoms with Crippen LogP contribution in [0.5, 0.6) is 0 Å². The van der Waals surface area contributed by atoms with E-state index in [9.17, 15) is 13.2 Å². The molecule has 10 heteroatoms. The SMILES string of the molecule is CN=C(NCCSc1ccccc1)NCCc1nc(C(F)(F)F)cs1.I. The minimum atomic E-state index is -4.38. The summed E-state index contributed by atoms with van der Waals surface area (Å²) in [5, 5.41) is 7.75. The molecular weight excluding hydrogens is 496 g/mol. The van der Waals surface area contributed by atoms with E-state index < -0.39 is 11.9 Å². The number of thioether (sulfide) groups is 1. The molecule has 26 heavy (non-hydrogen) atoms. The van der Waals surface area contributed by atoms with Gasteiger partial charge in [0.15, 0.2) is 11.7 Å². The highest BCUT2D eigenvalue weighted by atomic mass is 127. The van der Waals surface area contributed by atoms with Gasteiger partial charge in [-0.1, -0.05) is 18.2 Å². The van der Waals surface area contributed by atoms with E-state index in [-0.39, 0.29) is 24.0 Å². The Morgan fingerprint density at radius 1 is 1.19 bits per heavy atom. The Kier molecular flexibility index (Phi) is 10.3. The van der Waals surface area contributed by atoms with Gasteiger partial charge in [0.25, 0.3) is 0 Å². The molecule has 0 amide bonds. The van der Waals surface area contributed by atoms with Gasteiger partial charge in [0, 0.05) is 42.6 Å². The maximum atomic E-state index is 12.5.